The lowest BCUT2D eigenvalue weighted by Gasteiger charge is -2.30. The molecule has 0 amide bonds. The molecular weight excluding hydrogens is 208 g/mol. The molecule has 16 heavy (non-hydrogen) atoms. The minimum atomic E-state index is -0.751. The molecule has 0 radical (unpaired) electrons. The highest BCUT2D eigenvalue weighted by molar-refractivity contribution is 5.35. The zero-order valence-corrected chi connectivity index (χ0v) is 9.35. The summed E-state index contributed by atoms with van der Waals surface area (Å²) in [5.74, 6) is 0.516. The lowest BCUT2D eigenvalue weighted by Crippen LogP contribution is -2.45. The van der Waals surface area contributed by atoms with Crippen LogP contribution in [-0.4, -0.2) is 38.9 Å². The molecule has 1 rings (SSSR count). The lowest BCUT2D eigenvalue weighted by molar-refractivity contribution is 0.132. The molecule has 5 N–H and O–H groups in total. The first-order valence-corrected chi connectivity index (χ1v) is 5.20. The van der Waals surface area contributed by atoms with Gasteiger partial charge in [-0.05, 0) is 6.42 Å². The number of aliphatic hydroxyl groups is 2. The topological polar surface area (TPSA) is 104 Å². The largest absolute Gasteiger partial charge is 0.394 e. The third kappa shape index (κ3) is 2.88. The maximum Gasteiger partial charge on any atom is 0.145 e. The van der Waals surface area contributed by atoms with E-state index >= 15 is 0 Å². The molecule has 0 aromatic carbocycles. The van der Waals surface area contributed by atoms with Crippen LogP contribution in [0.15, 0.2) is 12.4 Å². The summed E-state index contributed by atoms with van der Waals surface area (Å²) in [6, 6.07) is 0. The van der Waals surface area contributed by atoms with Crippen molar-refractivity contribution >= 4 is 5.82 Å². The van der Waals surface area contributed by atoms with Crippen LogP contribution in [0.1, 0.15) is 19.0 Å². The third-order valence-electron chi connectivity index (χ3n) is 2.59. The number of nitrogens with one attached hydrogen (secondary N) is 1. The molecule has 1 heterocycles. The first-order chi connectivity index (χ1) is 7.69. The Kier molecular flexibility index (Phi) is 4.60. The van der Waals surface area contributed by atoms with E-state index in [2.05, 4.69) is 15.3 Å². The Balaban J connectivity index is 2.77. The monoisotopic (exact) mass is 226 g/mol. The molecule has 0 fully saturated rings. The van der Waals surface area contributed by atoms with Gasteiger partial charge in [0, 0.05) is 6.54 Å². The van der Waals surface area contributed by atoms with Crippen LogP contribution >= 0.6 is 0 Å². The van der Waals surface area contributed by atoms with Crippen LogP contribution in [0.25, 0.3) is 0 Å². The first kappa shape index (κ1) is 12.8. The van der Waals surface area contributed by atoms with Crippen LogP contribution in [0, 0.1) is 0 Å². The maximum absolute atomic E-state index is 9.25. The Labute approximate surface area is 94.5 Å². The van der Waals surface area contributed by atoms with E-state index in [0.29, 0.717) is 24.5 Å². The van der Waals surface area contributed by atoms with E-state index in [1.165, 1.54) is 6.20 Å². The summed E-state index contributed by atoms with van der Waals surface area (Å²) < 4.78 is 0. The van der Waals surface area contributed by atoms with E-state index in [-0.39, 0.29) is 13.2 Å². The Morgan fingerprint density at radius 1 is 1.31 bits per heavy atom. The van der Waals surface area contributed by atoms with Crippen molar-refractivity contribution in [3.8, 4) is 0 Å². The predicted molar refractivity (Wildman–Crippen MR) is 60.7 cm³/mol. The molecule has 0 saturated heterocycles. The zero-order chi connectivity index (χ0) is 12.0. The van der Waals surface area contributed by atoms with Crippen LogP contribution in [-0.2, 0) is 6.54 Å². The van der Waals surface area contributed by atoms with Gasteiger partial charge in [0.2, 0.25) is 0 Å². The van der Waals surface area contributed by atoms with Crippen LogP contribution < -0.4 is 11.1 Å². The van der Waals surface area contributed by atoms with Gasteiger partial charge in [0.25, 0.3) is 0 Å². The second-order valence-corrected chi connectivity index (χ2v) is 3.67. The summed E-state index contributed by atoms with van der Waals surface area (Å²) in [4.78, 5) is 8.17. The molecule has 0 atom stereocenters. The minimum Gasteiger partial charge on any atom is -0.394 e. The normalized spacial score (nSPS) is 11.5. The number of hydrogen-bond acceptors (Lipinski definition) is 6. The third-order valence-corrected chi connectivity index (χ3v) is 2.59. The van der Waals surface area contributed by atoms with Crippen molar-refractivity contribution in [3.05, 3.63) is 18.1 Å². The van der Waals surface area contributed by atoms with Gasteiger partial charge in [0.1, 0.15) is 5.82 Å². The SMILES string of the molecule is CCC(CO)(CO)Nc1cnc(CN)cn1. The van der Waals surface area contributed by atoms with E-state index < -0.39 is 5.54 Å². The van der Waals surface area contributed by atoms with Gasteiger partial charge in [-0.25, -0.2) is 4.98 Å². The van der Waals surface area contributed by atoms with Gasteiger partial charge in [-0.3, -0.25) is 4.98 Å². The summed E-state index contributed by atoms with van der Waals surface area (Å²) in [6.45, 7) is 1.88. The fourth-order valence-electron chi connectivity index (χ4n) is 1.24. The smallest absolute Gasteiger partial charge is 0.145 e. The van der Waals surface area contributed by atoms with Gasteiger partial charge in [-0.1, -0.05) is 6.92 Å². The van der Waals surface area contributed by atoms with E-state index in [9.17, 15) is 10.2 Å². The molecular formula is C10H18N4O2. The van der Waals surface area contributed by atoms with Crippen molar-refractivity contribution in [2.45, 2.75) is 25.4 Å². The molecule has 90 valence electrons. The molecule has 1 aromatic rings. The van der Waals surface area contributed by atoms with Crippen molar-refractivity contribution in [2.75, 3.05) is 18.5 Å². The molecule has 0 aliphatic carbocycles. The van der Waals surface area contributed by atoms with E-state index in [4.69, 9.17) is 5.73 Å². The zero-order valence-electron chi connectivity index (χ0n) is 9.35. The van der Waals surface area contributed by atoms with Gasteiger partial charge < -0.3 is 21.3 Å². The highest BCUT2D eigenvalue weighted by Crippen LogP contribution is 2.15. The van der Waals surface area contributed by atoms with Crippen LogP contribution in [0.4, 0.5) is 5.82 Å². The van der Waals surface area contributed by atoms with Gasteiger partial charge >= 0.3 is 0 Å². The molecule has 0 unspecified atom stereocenters. The van der Waals surface area contributed by atoms with E-state index in [0.717, 1.165) is 0 Å². The standard InChI is InChI=1S/C10H18N4O2/c1-2-10(6-15,7-16)14-9-5-12-8(3-11)4-13-9/h4-5,15-16H,2-3,6-7,11H2,1H3,(H,13,14). The van der Waals surface area contributed by atoms with Crippen molar-refractivity contribution < 1.29 is 10.2 Å². The maximum atomic E-state index is 9.25. The summed E-state index contributed by atoms with van der Waals surface area (Å²) in [5.41, 5.74) is 5.35. The molecule has 1 aromatic heterocycles. The molecule has 0 spiro atoms. The summed E-state index contributed by atoms with van der Waals surface area (Å²) in [6.07, 6.45) is 3.69. The van der Waals surface area contributed by atoms with E-state index in [1.54, 1.807) is 6.20 Å². The minimum absolute atomic E-state index is 0.166. The molecule has 6 heteroatoms. The highest BCUT2D eigenvalue weighted by atomic mass is 16.3. The molecule has 0 bridgehead atoms. The average molecular weight is 226 g/mol. The van der Waals surface area contributed by atoms with Crippen LogP contribution in [0.5, 0.6) is 0 Å². The van der Waals surface area contributed by atoms with Gasteiger partial charge in [-0.2, -0.15) is 0 Å². The first-order valence-electron chi connectivity index (χ1n) is 5.20. The van der Waals surface area contributed by atoms with E-state index in [1.807, 2.05) is 6.92 Å². The van der Waals surface area contributed by atoms with Gasteiger partial charge in [0.05, 0.1) is 36.8 Å². The number of hydrogen-bond donors (Lipinski definition) is 4. The summed E-state index contributed by atoms with van der Waals surface area (Å²) in [7, 11) is 0. The number of nitrogens with zero attached hydrogens (tertiary/aromatic N) is 2. The molecule has 6 nitrogen and oxygen atoms in total. The molecule has 0 aliphatic heterocycles. The van der Waals surface area contributed by atoms with Crippen LogP contribution in [0.2, 0.25) is 0 Å². The van der Waals surface area contributed by atoms with Gasteiger partial charge in [0.15, 0.2) is 0 Å². The molecule has 0 saturated carbocycles. The Bertz CT molecular complexity index is 303. The number of nitrogens with two attached hydrogens (primary N) is 1. The second kappa shape index (κ2) is 5.74. The Morgan fingerprint density at radius 3 is 2.38 bits per heavy atom. The fourth-order valence-corrected chi connectivity index (χ4v) is 1.24. The summed E-state index contributed by atoms with van der Waals surface area (Å²) >= 11 is 0. The number of anilines is 1. The van der Waals surface area contributed by atoms with Crippen molar-refractivity contribution in [3.63, 3.8) is 0 Å². The average Bonchev–Trinajstić information content (AvgIpc) is 2.37. The Hall–Kier alpha value is -1.24. The lowest BCUT2D eigenvalue weighted by atomic mass is 9.99. The number of rotatable bonds is 6. The quantitative estimate of drug-likeness (QED) is 0.520. The van der Waals surface area contributed by atoms with Crippen molar-refractivity contribution in [1.29, 1.82) is 0 Å². The number of aromatic nitrogens is 2. The predicted octanol–water partition coefficient (Wildman–Crippen LogP) is -0.519. The fraction of sp³-hybridized carbons (Fsp3) is 0.600. The van der Waals surface area contributed by atoms with Crippen LogP contribution in [0.3, 0.4) is 0 Å². The Morgan fingerprint density at radius 2 is 2.00 bits per heavy atom. The van der Waals surface area contributed by atoms with Crippen molar-refractivity contribution in [1.82, 2.24) is 9.97 Å². The number of aliphatic hydroxyl groups excluding tert-OH is 2. The van der Waals surface area contributed by atoms with Gasteiger partial charge in [-0.15, -0.1) is 0 Å². The summed E-state index contributed by atoms with van der Waals surface area (Å²) in [5, 5.41) is 21.5. The highest BCUT2D eigenvalue weighted by Gasteiger charge is 2.26. The second-order valence-electron chi connectivity index (χ2n) is 3.67. The molecule has 0 aliphatic rings. The van der Waals surface area contributed by atoms with Crippen molar-refractivity contribution in [2.24, 2.45) is 5.73 Å².